The van der Waals surface area contributed by atoms with Gasteiger partial charge in [0.1, 0.15) is 5.38 Å². The molecule has 76 valence electrons. The Morgan fingerprint density at radius 2 is 1.77 bits per heavy atom. The van der Waals surface area contributed by atoms with Crippen molar-refractivity contribution in [3.05, 3.63) is 0 Å². The van der Waals surface area contributed by atoms with Crippen molar-refractivity contribution in [3.63, 3.8) is 0 Å². The third-order valence-electron chi connectivity index (χ3n) is 1.53. The van der Waals surface area contributed by atoms with Gasteiger partial charge in [0.2, 0.25) is 0 Å². The molecule has 0 aromatic rings. The molecular formula is C9H17ClN2O. The first kappa shape index (κ1) is 12.7. The van der Waals surface area contributed by atoms with E-state index in [1.54, 1.807) is 0 Å². The highest BCUT2D eigenvalue weighted by molar-refractivity contribution is 6.22. The molecule has 0 amide bonds. The Labute approximate surface area is 85.2 Å². The van der Waals surface area contributed by atoms with Crippen molar-refractivity contribution in [3.8, 4) is 6.07 Å². The van der Waals surface area contributed by atoms with E-state index in [0.29, 0.717) is 12.1 Å². The highest BCUT2D eigenvalue weighted by Gasteiger charge is 2.15. The average molecular weight is 205 g/mol. The van der Waals surface area contributed by atoms with E-state index in [0.717, 1.165) is 0 Å². The molecular weight excluding hydrogens is 188 g/mol. The molecule has 0 spiro atoms. The van der Waals surface area contributed by atoms with Crippen LogP contribution in [0.1, 0.15) is 27.7 Å². The van der Waals surface area contributed by atoms with E-state index in [1.165, 1.54) is 0 Å². The summed E-state index contributed by atoms with van der Waals surface area (Å²) >= 11 is 5.61. The maximum absolute atomic E-state index is 8.44. The molecule has 1 atom stereocenters. The van der Waals surface area contributed by atoms with Crippen LogP contribution in [-0.4, -0.2) is 29.1 Å². The maximum Gasteiger partial charge on any atom is 0.145 e. The highest BCUT2D eigenvalue weighted by atomic mass is 35.5. The highest BCUT2D eigenvalue weighted by Crippen LogP contribution is 2.07. The summed E-state index contributed by atoms with van der Waals surface area (Å²) in [5.41, 5.74) is 0. The summed E-state index contributed by atoms with van der Waals surface area (Å²) < 4.78 is 0. The lowest BCUT2D eigenvalue weighted by Gasteiger charge is -2.29. The quantitative estimate of drug-likeness (QED) is 0.509. The van der Waals surface area contributed by atoms with E-state index in [-0.39, 0.29) is 6.61 Å². The summed E-state index contributed by atoms with van der Waals surface area (Å²) in [5.74, 6) is 0. The minimum absolute atomic E-state index is 0.244. The van der Waals surface area contributed by atoms with Crippen LogP contribution in [-0.2, 0) is 4.84 Å². The van der Waals surface area contributed by atoms with Crippen molar-refractivity contribution in [2.75, 3.05) is 6.61 Å². The van der Waals surface area contributed by atoms with Crippen LogP contribution in [0.3, 0.4) is 0 Å². The molecule has 0 aliphatic carbocycles. The molecule has 0 aliphatic heterocycles. The summed E-state index contributed by atoms with van der Waals surface area (Å²) in [4.78, 5) is 5.40. The van der Waals surface area contributed by atoms with Crippen molar-refractivity contribution in [1.29, 1.82) is 5.26 Å². The third-order valence-corrected chi connectivity index (χ3v) is 1.75. The Balaban J connectivity index is 3.92. The second kappa shape index (κ2) is 6.20. The summed E-state index contributed by atoms with van der Waals surface area (Å²) in [6.45, 7) is 8.39. The minimum Gasteiger partial charge on any atom is -0.296 e. The van der Waals surface area contributed by atoms with Gasteiger partial charge in [-0.15, -0.1) is 11.6 Å². The monoisotopic (exact) mass is 204 g/mol. The van der Waals surface area contributed by atoms with Gasteiger partial charge in [0.25, 0.3) is 0 Å². The number of nitrogens with zero attached hydrogens (tertiary/aromatic N) is 2. The molecule has 0 rings (SSSR count). The van der Waals surface area contributed by atoms with Gasteiger partial charge in [0.15, 0.2) is 0 Å². The van der Waals surface area contributed by atoms with Gasteiger partial charge in [-0.25, -0.2) is 0 Å². The molecule has 0 aromatic carbocycles. The molecule has 3 nitrogen and oxygen atoms in total. The normalized spacial score (nSPS) is 13.8. The lowest BCUT2D eigenvalue weighted by molar-refractivity contribution is -0.197. The SMILES string of the molecule is CC(C)N(OCC(Cl)C#N)C(C)C. The Morgan fingerprint density at radius 1 is 1.31 bits per heavy atom. The summed E-state index contributed by atoms with van der Waals surface area (Å²) in [6, 6.07) is 2.50. The first-order chi connectivity index (χ1) is 5.99. The van der Waals surface area contributed by atoms with Crippen LogP contribution < -0.4 is 0 Å². The van der Waals surface area contributed by atoms with Crippen LogP contribution in [0.2, 0.25) is 0 Å². The summed E-state index contributed by atoms with van der Waals surface area (Å²) in [6.07, 6.45) is 0. The molecule has 0 saturated carbocycles. The van der Waals surface area contributed by atoms with E-state index in [9.17, 15) is 0 Å². The van der Waals surface area contributed by atoms with Gasteiger partial charge in [0.05, 0.1) is 12.7 Å². The van der Waals surface area contributed by atoms with Gasteiger partial charge in [-0.1, -0.05) is 0 Å². The van der Waals surface area contributed by atoms with Gasteiger partial charge in [0, 0.05) is 12.1 Å². The lowest BCUT2D eigenvalue weighted by atomic mass is 10.3. The molecule has 0 heterocycles. The lowest BCUT2D eigenvalue weighted by Crippen LogP contribution is -2.38. The predicted molar refractivity (Wildman–Crippen MR) is 53.3 cm³/mol. The molecule has 0 bridgehead atoms. The van der Waals surface area contributed by atoms with E-state index in [2.05, 4.69) is 0 Å². The van der Waals surface area contributed by atoms with Crippen molar-refractivity contribution in [1.82, 2.24) is 5.06 Å². The predicted octanol–water partition coefficient (Wildman–Crippen LogP) is 2.17. The first-order valence-electron chi connectivity index (χ1n) is 4.44. The minimum atomic E-state index is -0.569. The number of halogens is 1. The molecule has 0 N–H and O–H groups in total. The van der Waals surface area contributed by atoms with Crippen LogP contribution in [0.15, 0.2) is 0 Å². The van der Waals surface area contributed by atoms with Crippen LogP contribution in [0.5, 0.6) is 0 Å². The molecule has 0 fully saturated rings. The van der Waals surface area contributed by atoms with Gasteiger partial charge in [-0.05, 0) is 27.7 Å². The van der Waals surface area contributed by atoms with Crippen LogP contribution in [0, 0.1) is 11.3 Å². The van der Waals surface area contributed by atoms with Crippen LogP contribution in [0.4, 0.5) is 0 Å². The first-order valence-corrected chi connectivity index (χ1v) is 4.87. The fourth-order valence-electron chi connectivity index (χ4n) is 1.08. The van der Waals surface area contributed by atoms with Gasteiger partial charge < -0.3 is 0 Å². The second-order valence-corrected chi connectivity index (χ2v) is 3.97. The van der Waals surface area contributed by atoms with Crippen molar-refractivity contribution in [2.24, 2.45) is 0 Å². The molecule has 0 aromatic heterocycles. The molecule has 13 heavy (non-hydrogen) atoms. The summed E-state index contributed by atoms with van der Waals surface area (Å²) in [7, 11) is 0. The van der Waals surface area contributed by atoms with Gasteiger partial charge in [-0.2, -0.15) is 10.3 Å². The zero-order valence-electron chi connectivity index (χ0n) is 8.62. The van der Waals surface area contributed by atoms with Crippen molar-refractivity contribution in [2.45, 2.75) is 45.2 Å². The smallest absolute Gasteiger partial charge is 0.145 e. The third kappa shape index (κ3) is 5.09. The Bertz CT molecular complexity index is 169. The number of hydrogen-bond donors (Lipinski definition) is 0. The number of hydrogen-bond acceptors (Lipinski definition) is 3. The average Bonchev–Trinajstić information content (AvgIpc) is 2.03. The number of nitriles is 1. The van der Waals surface area contributed by atoms with Gasteiger partial charge >= 0.3 is 0 Å². The van der Waals surface area contributed by atoms with Crippen LogP contribution >= 0.6 is 11.6 Å². The van der Waals surface area contributed by atoms with Crippen molar-refractivity contribution < 1.29 is 4.84 Å². The Morgan fingerprint density at radius 3 is 2.08 bits per heavy atom. The van der Waals surface area contributed by atoms with E-state index >= 15 is 0 Å². The summed E-state index contributed by atoms with van der Waals surface area (Å²) in [5, 5.41) is 9.71. The topological polar surface area (TPSA) is 36.3 Å². The zero-order chi connectivity index (χ0) is 10.4. The Kier molecular flexibility index (Phi) is 6.06. The fourth-order valence-corrected chi connectivity index (χ4v) is 1.14. The zero-order valence-corrected chi connectivity index (χ0v) is 9.38. The molecule has 4 heteroatoms. The number of hydroxylamine groups is 2. The molecule has 1 unspecified atom stereocenters. The van der Waals surface area contributed by atoms with E-state index in [4.69, 9.17) is 21.7 Å². The number of rotatable bonds is 5. The number of alkyl halides is 1. The van der Waals surface area contributed by atoms with Crippen LogP contribution in [0.25, 0.3) is 0 Å². The van der Waals surface area contributed by atoms with Gasteiger partial charge in [-0.3, -0.25) is 4.84 Å². The van der Waals surface area contributed by atoms with E-state index in [1.807, 2.05) is 38.8 Å². The molecule has 0 saturated heterocycles. The molecule has 0 radical (unpaired) electrons. The fraction of sp³-hybridized carbons (Fsp3) is 0.889. The molecule has 0 aliphatic rings. The maximum atomic E-state index is 8.44. The standard InChI is InChI=1S/C9H17ClN2O/c1-7(2)12(8(3)4)13-6-9(10)5-11/h7-9H,6H2,1-4H3. The second-order valence-electron chi connectivity index (χ2n) is 3.44. The Hall–Kier alpha value is -0.300. The van der Waals surface area contributed by atoms with Crippen molar-refractivity contribution >= 4 is 11.6 Å². The van der Waals surface area contributed by atoms with E-state index < -0.39 is 5.38 Å². The largest absolute Gasteiger partial charge is 0.296 e.